The Balaban J connectivity index is 1.49. The van der Waals surface area contributed by atoms with E-state index >= 15 is 0 Å². The first kappa shape index (κ1) is 21.9. The minimum Gasteiger partial charge on any atom is -0.325 e. The van der Waals surface area contributed by atoms with E-state index in [9.17, 15) is 4.79 Å². The summed E-state index contributed by atoms with van der Waals surface area (Å²) < 4.78 is 1.93. The fourth-order valence-corrected chi connectivity index (χ4v) is 4.25. The first-order valence-electron chi connectivity index (χ1n) is 10.0. The molecule has 160 valence electrons. The highest BCUT2D eigenvalue weighted by atomic mass is 35.5. The Kier molecular flexibility index (Phi) is 7.04. The van der Waals surface area contributed by atoms with Gasteiger partial charge in [0.1, 0.15) is 0 Å². The number of hydrogen-bond acceptors (Lipinski definition) is 4. The lowest BCUT2D eigenvalue weighted by molar-refractivity contribution is -0.113. The van der Waals surface area contributed by atoms with Crippen LogP contribution in [-0.4, -0.2) is 26.4 Å². The van der Waals surface area contributed by atoms with E-state index in [0.717, 1.165) is 22.4 Å². The Morgan fingerprint density at radius 2 is 1.75 bits per heavy atom. The maximum Gasteiger partial charge on any atom is 0.234 e. The third-order valence-electron chi connectivity index (χ3n) is 4.73. The summed E-state index contributed by atoms with van der Waals surface area (Å²) in [5.74, 6) is 0.772. The van der Waals surface area contributed by atoms with Crippen molar-refractivity contribution in [3.05, 3.63) is 96.5 Å². The number of rotatable bonds is 8. The van der Waals surface area contributed by atoms with E-state index in [2.05, 4.69) is 22.1 Å². The van der Waals surface area contributed by atoms with Gasteiger partial charge in [-0.15, -0.1) is 16.8 Å². The number of nitrogens with one attached hydrogen (secondary N) is 1. The third kappa shape index (κ3) is 5.10. The summed E-state index contributed by atoms with van der Waals surface area (Å²) >= 11 is 7.46. The van der Waals surface area contributed by atoms with Crippen LogP contribution in [0.15, 0.2) is 96.7 Å². The number of allylic oxidation sites excluding steroid dienone is 1. The first-order valence-corrected chi connectivity index (χ1v) is 11.4. The summed E-state index contributed by atoms with van der Waals surface area (Å²) in [6.45, 7) is 4.35. The highest BCUT2D eigenvalue weighted by Gasteiger charge is 2.16. The molecule has 0 aliphatic carbocycles. The summed E-state index contributed by atoms with van der Waals surface area (Å²) in [5.41, 5.74) is 3.66. The van der Waals surface area contributed by atoms with Crippen LogP contribution in [0.4, 0.5) is 5.69 Å². The lowest BCUT2D eigenvalue weighted by Gasteiger charge is -2.11. The Morgan fingerprint density at radius 3 is 2.53 bits per heavy atom. The molecule has 1 heterocycles. The number of carbonyl (C=O) groups is 1. The van der Waals surface area contributed by atoms with Crippen molar-refractivity contribution in [2.24, 2.45) is 0 Å². The summed E-state index contributed by atoms with van der Waals surface area (Å²) in [6.07, 6.45) is 1.78. The lowest BCUT2D eigenvalue weighted by atomic mass is 10.0. The fraction of sp³-hybridized carbons (Fsp3) is 0.0800. The van der Waals surface area contributed by atoms with Crippen molar-refractivity contribution in [2.75, 3.05) is 11.1 Å². The van der Waals surface area contributed by atoms with E-state index in [1.165, 1.54) is 11.8 Å². The highest BCUT2D eigenvalue weighted by molar-refractivity contribution is 7.99. The molecule has 0 spiro atoms. The number of halogens is 1. The van der Waals surface area contributed by atoms with E-state index in [1.54, 1.807) is 6.08 Å². The standard InChI is InChI=1S/C25H21ClN4OS/c1-2-15-30-24(19-11-8-12-20(26)16-19)28-29-25(30)32-17-23(31)27-22-14-7-6-13-21(22)18-9-4-3-5-10-18/h2-14,16H,1,15,17H2,(H,27,31). The summed E-state index contributed by atoms with van der Waals surface area (Å²) in [5, 5.41) is 12.9. The van der Waals surface area contributed by atoms with Crippen LogP contribution in [0, 0.1) is 0 Å². The van der Waals surface area contributed by atoms with Crippen molar-refractivity contribution in [1.82, 2.24) is 14.8 Å². The van der Waals surface area contributed by atoms with Crippen LogP contribution in [0.1, 0.15) is 0 Å². The Hall–Kier alpha value is -3.35. The van der Waals surface area contributed by atoms with Crippen molar-refractivity contribution in [2.45, 2.75) is 11.7 Å². The first-order chi connectivity index (χ1) is 15.7. The molecule has 7 heteroatoms. The van der Waals surface area contributed by atoms with E-state index in [1.807, 2.05) is 83.4 Å². The number of nitrogens with zero attached hydrogens (tertiary/aromatic N) is 3. The van der Waals surface area contributed by atoms with Crippen LogP contribution < -0.4 is 5.32 Å². The molecule has 0 aliphatic rings. The van der Waals surface area contributed by atoms with E-state index < -0.39 is 0 Å². The van der Waals surface area contributed by atoms with E-state index in [4.69, 9.17) is 11.6 Å². The number of thioether (sulfide) groups is 1. The second-order valence-electron chi connectivity index (χ2n) is 6.96. The molecule has 32 heavy (non-hydrogen) atoms. The molecule has 0 saturated heterocycles. The Bertz CT molecular complexity index is 1240. The van der Waals surface area contributed by atoms with Crippen molar-refractivity contribution in [3.8, 4) is 22.5 Å². The minimum atomic E-state index is -0.115. The zero-order valence-electron chi connectivity index (χ0n) is 17.2. The normalized spacial score (nSPS) is 10.7. The van der Waals surface area contributed by atoms with Gasteiger partial charge in [0.15, 0.2) is 11.0 Å². The van der Waals surface area contributed by atoms with Crippen LogP contribution >= 0.6 is 23.4 Å². The van der Waals surface area contributed by atoms with Crippen LogP contribution in [0.25, 0.3) is 22.5 Å². The zero-order valence-corrected chi connectivity index (χ0v) is 18.8. The molecule has 0 saturated carbocycles. The van der Waals surface area contributed by atoms with Crippen molar-refractivity contribution >= 4 is 35.0 Å². The Morgan fingerprint density at radius 1 is 1.00 bits per heavy atom. The fourth-order valence-electron chi connectivity index (χ4n) is 3.31. The van der Waals surface area contributed by atoms with Gasteiger partial charge in [0.25, 0.3) is 0 Å². The quantitative estimate of drug-likeness (QED) is 0.252. The van der Waals surface area contributed by atoms with Crippen LogP contribution in [0.2, 0.25) is 5.02 Å². The number of hydrogen-bond donors (Lipinski definition) is 1. The second-order valence-corrected chi connectivity index (χ2v) is 8.34. The van der Waals surface area contributed by atoms with Gasteiger partial charge in [-0.25, -0.2) is 0 Å². The number of anilines is 1. The van der Waals surface area contributed by atoms with Gasteiger partial charge in [0.2, 0.25) is 5.91 Å². The molecule has 1 aromatic heterocycles. The molecule has 0 unspecified atom stereocenters. The topological polar surface area (TPSA) is 59.8 Å². The average molecular weight is 461 g/mol. The minimum absolute atomic E-state index is 0.115. The number of para-hydroxylation sites is 1. The van der Waals surface area contributed by atoms with Crippen LogP contribution in [-0.2, 0) is 11.3 Å². The molecule has 4 aromatic rings. The van der Waals surface area contributed by atoms with E-state index in [0.29, 0.717) is 22.5 Å². The van der Waals surface area contributed by atoms with Gasteiger partial charge in [-0.3, -0.25) is 9.36 Å². The molecular weight excluding hydrogens is 440 g/mol. The zero-order chi connectivity index (χ0) is 22.3. The van der Waals surface area contributed by atoms with Gasteiger partial charge < -0.3 is 5.32 Å². The molecule has 0 radical (unpaired) electrons. The molecular formula is C25H21ClN4OS. The number of aromatic nitrogens is 3. The van der Waals surface area contributed by atoms with Crippen molar-refractivity contribution in [1.29, 1.82) is 0 Å². The molecule has 1 amide bonds. The van der Waals surface area contributed by atoms with Crippen LogP contribution in [0.3, 0.4) is 0 Å². The molecule has 0 fully saturated rings. The van der Waals surface area contributed by atoms with Crippen LogP contribution in [0.5, 0.6) is 0 Å². The molecule has 5 nitrogen and oxygen atoms in total. The Labute approximate surface area is 196 Å². The lowest BCUT2D eigenvalue weighted by Crippen LogP contribution is -2.15. The third-order valence-corrected chi connectivity index (χ3v) is 5.93. The average Bonchev–Trinajstić information content (AvgIpc) is 3.21. The maximum absolute atomic E-state index is 12.7. The van der Waals surface area contributed by atoms with Gasteiger partial charge >= 0.3 is 0 Å². The van der Waals surface area contributed by atoms with Gasteiger partial charge in [0, 0.05) is 28.4 Å². The van der Waals surface area contributed by atoms with Gasteiger partial charge in [-0.05, 0) is 23.8 Å². The smallest absolute Gasteiger partial charge is 0.234 e. The van der Waals surface area contributed by atoms with Crippen molar-refractivity contribution in [3.63, 3.8) is 0 Å². The molecule has 0 aliphatic heterocycles. The van der Waals surface area contributed by atoms with Gasteiger partial charge in [-0.1, -0.05) is 90.1 Å². The summed E-state index contributed by atoms with van der Waals surface area (Å²) in [7, 11) is 0. The molecule has 0 bridgehead atoms. The highest BCUT2D eigenvalue weighted by Crippen LogP contribution is 2.29. The molecule has 3 aromatic carbocycles. The second kappa shape index (κ2) is 10.3. The van der Waals surface area contributed by atoms with Crippen molar-refractivity contribution < 1.29 is 4.79 Å². The van der Waals surface area contributed by atoms with Gasteiger partial charge in [0.05, 0.1) is 5.75 Å². The molecule has 1 N–H and O–H groups in total. The summed E-state index contributed by atoms with van der Waals surface area (Å²) in [4.78, 5) is 12.7. The molecule has 0 atom stereocenters. The predicted molar refractivity (Wildman–Crippen MR) is 132 cm³/mol. The van der Waals surface area contributed by atoms with E-state index in [-0.39, 0.29) is 11.7 Å². The SMILES string of the molecule is C=CCn1c(SCC(=O)Nc2ccccc2-c2ccccc2)nnc1-c1cccc(Cl)c1. The number of amides is 1. The number of benzene rings is 3. The predicted octanol–water partition coefficient (Wildman–Crippen LogP) is 6.18. The summed E-state index contributed by atoms with van der Waals surface area (Å²) in [6, 6.07) is 25.2. The maximum atomic E-state index is 12.7. The largest absolute Gasteiger partial charge is 0.325 e. The number of carbonyl (C=O) groups excluding carboxylic acids is 1. The monoisotopic (exact) mass is 460 g/mol. The van der Waals surface area contributed by atoms with Gasteiger partial charge in [-0.2, -0.15) is 0 Å². The molecule has 4 rings (SSSR count).